The molecule has 2 unspecified atom stereocenters. The minimum Gasteiger partial charge on any atom is -0.416 e. The number of nitrogens with zero attached hydrogens (tertiary/aromatic N) is 2. The number of rotatable bonds is 2. The molecule has 2 aliphatic rings. The Kier molecular flexibility index (Phi) is 4.12. The maximum absolute atomic E-state index is 6.18. The minimum absolute atomic E-state index is 0.119. The molecule has 5 aromatic rings. The van der Waals surface area contributed by atoms with E-state index in [1.807, 2.05) is 0 Å². The van der Waals surface area contributed by atoms with Gasteiger partial charge in [0.05, 0.1) is 0 Å². The Morgan fingerprint density at radius 3 is 1.97 bits per heavy atom. The molecule has 1 fully saturated rings. The lowest BCUT2D eigenvalue weighted by molar-refractivity contribution is 0.582. The Labute approximate surface area is 199 Å². The van der Waals surface area contributed by atoms with Crippen molar-refractivity contribution in [3.8, 4) is 22.9 Å². The Morgan fingerprint density at radius 1 is 0.676 bits per heavy atom. The van der Waals surface area contributed by atoms with Crippen molar-refractivity contribution in [2.75, 3.05) is 0 Å². The molecule has 2 aliphatic carbocycles. The zero-order valence-electron chi connectivity index (χ0n) is 19.9. The Bertz CT molecular complexity index is 1570. The van der Waals surface area contributed by atoms with Gasteiger partial charge in [-0.15, -0.1) is 10.2 Å². The van der Waals surface area contributed by atoms with Gasteiger partial charge in [0.25, 0.3) is 0 Å². The first-order valence-corrected chi connectivity index (χ1v) is 12.4. The van der Waals surface area contributed by atoms with Crippen LogP contribution in [0, 0.1) is 0 Å². The SMILES string of the molecule is CC(C)(C)c1ccc(-c2nnc(-c3ccc4c(c3)c3c(c5ccccc54)C4CCC3C4)o2)cc1. The summed E-state index contributed by atoms with van der Waals surface area (Å²) in [5, 5.41) is 14.3. The molecule has 0 aliphatic heterocycles. The van der Waals surface area contributed by atoms with E-state index in [4.69, 9.17) is 4.42 Å². The van der Waals surface area contributed by atoms with Crippen molar-refractivity contribution < 1.29 is 4.42 Å². The second kappa shape index (κ2) is 7.02. The molecule has 1 aromatic heterocycles. The van der Waals surface area contributed by atoms with Gasteiger partial charge in [-0.1, -0.05) is 63.2 Å². The molecule has 2 bridgehead atoms. The van der Waals surface area contributed by atoms with E-state index in [1.165, 1.54) is 46.4 Å². The van der Waals surface area contributed by atoms with Crippen LogP contribution in [0.1, 0.15) is 68.6 Å². The van der Waals surface area contributed by atoms with Crippen molar-refractivity contribution in [3.63, 3.8) is 0 Å². The summed E-state index contributed by atoms with van der Waals surface area (Å²) in [7, 11) is 0. The van der Waals surface area contributed by atoms with E-state index < -0.39 is 0 Å². The monoisotopic (exact) mass is 444 g/mol. The van der Waals surface area contributed by atoms with Crippen LogP contribution in [0.25, 0.3) is 44.5 Å². The van der Waals surface area contributed by atoms with E-state index in [9.17, 15) is 0 Å². The fourth-order valence-corrected chi connectivity index (χ4v) is 6.33. The molecular weight excluding hydrogens is 416 g/mol. The van der Waals surface area contributed by atoms with E-state index in [-0.39, 0.29) is 5.41 Å². The molecule has 34 heavy (non-hydrogen) atoms. The molecule has 1 saturated carbocycles. The van der Waals surface area contributed by atoms with Crippen molar-refractivity contribution in [1.29, 1.82) is 0 Å². The summed E-state index contributed by atoms with van der Waals surface area (Å²) in [6.07, 6.45) is 3.94. The summed E-state index contributed by atoms with van der Waals surface area (Å²) in [5.41, 5.74) is 6.54. The van der Waals surface area contributed by atoms with Crippen LogP contribution in [-0.4, -0.2) is 10.2 Å². The Balaban J connectivity index is 1.34. The zero-order valence-corrected chi connectivity index (χ0v) is 19.9. The molecule has 0 spiro atoms. The van der Waals surface area contributed by atoms with E-state index in [2.05, 4.69) is 97.7 Å². The van der Waals surface area contributed by atoms with Crippen LogP contribution < -0.4 is 0 Å². The van der Waals surface area contributed by atoms with Crippen LogP contribution in [-0.2, 0) is 5.41 Å². The summed E-state index contributed by atoms with van der Waals surface area (Å²) in [6.45, 7) is 6.66. The van der Waals surface area contributed by atoms with E-state index >= 15 is 0 Å². The van der Waals surface area contributed by atoms with Gasteiger partial charge in [0.2, 0.25) is 11.8 Å². The molecule has 0 radical (unpaired) electrons. The molecular formula is C31H28N2O. The predicted octanol–water partition coefficient (Wildman–Crippen LogP) is 8.37. The predicted molar refractivity (Wildman–Crippen MR) is 138 cm³/mol. The first-order chi connectivity index (χ1) is 16.5. The third-order valence-corrected chi connectivity index (χ3v) is 8.03. The summed E-state index contributed by atoms with van der Waals surface area (Å²) in [4.78, 5) is 0. The van der Waals surface area contributed by atoms with E-state index in [0.29, 0.717) is 23.6 Å². The van der Waals surface area contributed by atoms with Gasteiger partial charge in [-0.05, 0) is 99.0 Å². The van der Waals surface area contributed by atoms with Gasteiger partial charge in [-0.2, -0.15) is 0 Å². The van der Waals surface area contributed by atoms with Crippen LogP contribution in [0.5, 0.6) is 0 Å². The van der Waals surface area contributed by atoms with Crippen molar-refractivity contribution in [2.45, 2.75) is 57.3 Å². The lowest BCUT2D eigenvalue weighted by Gasteiger charge is -2.21. The fourth-order valence-electron chi connectivity index (χ4n) is 6.33. The van der Waals surface area contributed by atoms with Crippen molar-refractivity contribution >= 4 is 21.5 Å². The highest BCUT2D eigenvalue weighted by Crippen LogP contribution is 2.57. The molecule has 1 heterocycles. The minimum atomic E-state index is 0.119. The second-order valence-electron chi connectivity index (χ2n) is 11.1. The van der Waals surface area contributed by atoms with Crippen LogP contribution in [0.4, 0.5) is 0 Å². The number of hydrogen-bond acceptors (Lipinski definition) is 3. The first-order valence-electron chi connectivity index (χ1n) is 12.4. The summed E-state index contributed by atoms with van der Waals surface area (Å²) >= 11 is 0. The van der Waals surface area contributed by atoms with Gasteiger partial charge in [-0.25, -0.2) is 0 Å². The van der Waals surface area contributed by atoms with Crippen molar-refractivity contribution in [1.82, 2.24) is 10.2 Å². The molecule has 0 saturated heterocycles. The van der Waals surface area contributed by atoms with Gasteiger partial charge >= 0.3 is 0 Å². The van der Waals surface area contributed by atoms with Gasteiger partial charge in [0.15, 0.2) is 0 Å². The normalized spacial score (nSPS) is 19.3. The molecule has 168 valence electrons. The number of hydrogen-bond donors (Lipinski definition) is 0. The lowest BCUT2D eigenvalue weighted by atomic mass is 9.83. The van der Waals surface area contributed by atoms with Crippen molar-refractivity contribution in [2.24, 2.45) is 0 Å². The number of fused-ring (bicyclic) bond motifs is 10. The molecule has 3 nitrogen and oxygen atoms in total. The number of benzene rings is 4. The standard InChI is InChI=1S/C31H28N2O/c1-31(2,3)22-13-10-18(11-14-22)29-32-33-30(34-29)21-12-15-24-23-6-4-5-7-25(23)27-19-8-9-20(16-19)28(27)26(24)17-21/h4-7,10-15,17,19-20H,8-9,16H2,1-3H3. The third-order valence-electron chi connectivity index (χ3n) is 8.03. The van der Waals surface area contributed by atoms with Crippen LogP contribution in [0.3, 0.4) is 0 Å². The smallest absolute Gasteiger partial charge is 0.248 e. The maximum atomic E-state index is 6.18. The quantitative estimate of drug-likeness (QED) is 0.257. The largest absolute Gasteiger partial charge is 0.416 e. The van der Waals surface area contributed by atoms with Gasteiger partial charge in [0.1, 0.15) is 0 Å². The summed E-state index contributed by atoms with van der Waals surface area (Å²) < 4.78 is 6.18. The molecule has 2 atom stereocenters. The number of aromatic nitrogens is 2. The topological polar surface area (TPSA) is 38.9 Å². The summed E-state index contributed by atoms with van der Waals surface area (Å²) in [5.74, 6) is 2.55. The highest BCUT2D eigenvalue weighted by molar-refractivity contribution is 6.12. The van der Waals surface area contributed by atoms with Crippen LogP contribution in [0.2, 0.25) is 0 Å². The molecule has 0 N–H and O–H groups in total. The third kappa shape index (κ3) is 2.89. The fraction of sp³-hybridized carbons (Fsp3) is 0.290. The first kappa shape index (κ1) is 20.0. The summed E-state index contributed by atoms with van der Waals surface area (Å²) in [6, 6.07) is 24.1. The highest BCUT2D eigenvalue weighted by atomic mass is 16.4. The van der Waals surface area contributed by atoms with E-state index in [0.717, 1.165) is 11.1 Å². The van der Waals surface area contributed by atoms with Crippen molar-refractivity contribution in [3.05, 3.63) is 83.4 Å². The molecule has 4 aromatic carbocycles. The highest BCUT2D eigenvalue weighted by Gasteiger charge is 2.39. The molecule has 7 rings (SSSR count). The van der Waals surface area contributed by atoms with Gasteiger partial charge in [0, 0.05) is 11.1 Å². The molecule has 0 amide bonds. The Hall–Kier alpha value is -3.46. The average Bonchev–Trinajstić information content (AvgIpc) is 3.60. The lowest BCUT2D eigenvalue weighted by Crippen LogP contribution is -2.10. The average molecular weight is 445 g/mol. The van der Waals surface area contributed by atoms with E-state index in [1.54, 1.807) is 11.1 Å². The van der Waals surface area contributed by atoms with Gasteiger partial charge < -0.3 is 4.42 Å². The maximum Gasteiger partial charge on any atom is 0.248 e. The Morgan fingerprint density at radius 2 is 1.26 bits per heavy atom. The zero-order chi connectivity index (χ0) is 23.0. The van der Waals surface area contributed by atoms with Crippen LogP contribution in [0.15, 0.2) is 71.1 Å². The van der Waals surface area contributed by atoms with Crippen LogP contribution >= 0.6 is 0 Å². The molecule has 3 heteroatoms. The van der Waals surface area contributed by atoms with Gasteiger partial charge in [-0.3, -0.25) is 0 Å². The second-order valence-corrected chi connectivity index (χ2v) is 11.1.